The van der Waals surface area contributed by atoms with E-state index in [1.54, 1.807) is 29.2 Å². The number of likely N-dealkylation sites (tertiary alicyclic amines) is 1. The first-order valence-corrected chi connectivity index (χ1v) is 9.24. The zero-order chi connectivity index (χ0) is 18.7. The van der Waals surface area contributed by atoms with Crippen LogP contribution in [-0.4, -0.2) is 29.8 Å². The molecule has 2 aromatic rings. The van der Waals surface area contributed by atoms with Crippen molar-refractivity contribution in [2.24, 2.45) is 5.92 Å². The van der Waals surface area contributed by atoms with Gasteiger partial charge in [-0.15, -0.1) is 0 Å². The van der Waals surface area contributed by atoms with Gasteiger partial charge in [-0.1, -0.05) is 28.8 Å². The van der Waals surface area contributed by atoms with E-state index in [-0.39, 0.29) is 17.7 Å². The maximum atomic E-state index is 12.8. The van der Waals surface area contributed by atoms with Gasteiger partial charge in [0.2, 0.25) is 5.91 Å². The van der Waals surface area contributed by atoms with Crippen LogP contribution in [0.2, 0.25) is 5.02 Å². The summed E-state index contributed by atoms with van der Waals surface area (Å²) in [6, 6.07) is 12.9. The van der Waals surface area contributed by atoms with Gasteiger partial charge >= 0.3 is 0 Å². The first kappa shape index (κ1) is 18.5. The Morgan fingerprint density at radius 1 is 1.08 bits per heavy atom. The molecule has 1 fully saturated rings. The molecule has 0 unspecified atom stereocenters. The number of hydrogen-bond acceptors (Lipinski definition) is 2. The second-order valence-electron chi connectivity index (χ2n) is 6.96. The molecule has 1 heterocycles. The molecular formula is C21H23ClN2O2. The molecule has 26 heavy (non-hydrogen) atoms. The lowest BCUT2D eigenvalue weighted by Gasteiger charge is -2.32. The molecule has 0 bridgehead atoms. The van der Waals surface area contributed by atoms with Crippen LogP contribution < -0.4 is 5.32 Å². The number of piperidine rings is 1. The molecule has 2 aromatic carbocycles. The summed E-state index contributed by atoms with van der Waals surface area (Å²) in [5.41, 5.74) is 3.56. The molecule has 1 N–H and O–H groups in total. The smallest absolute Gasteiger partial charge is 0.253 e. The molecule has 0 spiro atoms. The fraction of sp³-hybridized carbons (Fsp3) is 0.333. The summed E-state index contributed by atoms with van der Waals surface area (Å²) >= 11 is 5.87. The van der Waals surface area contributed by atoms with Crippen LogP contribution in [0.15, 0.2) is 42.5 Å². The van der Waals surface area contributed by atoms with Crippen LogP contribution in [0.3, 0.4) is 0 Å². The van der Waals surface area contributed by atoms with Gasteiger partial charge in [0.25, 0.3) is 5.91 Å². The van der Waals surface area contributed by atoms with Gasteiger partial charge in [0.1, 0.15) is 0 Å². The number of hydrogen-bond donors (Lipinski definition) is 1. The number of carbonyl (C=O) groups is 2. The predicted molar refractivity (Wildman–Crippen MR) is 105 cm³/mol. The maximum Gasteiger partial charge on any atom is 0.253 e. The van der Waals surface area contributed by atoms with Crippen LogP contribution in [0, 0.1) is 19.8 Å². The number of rotatable bonds is 3. The van der Waals surface area contributed by atoms with E-state index in [4.69, 9.17) is 11.6 Å². The molecule has 0 radical (unpaired) electrons. The van der Waals surface area contributed by atoms with E-state index in [0.29, 0.717) is 23.7 Å². The van der Waals surface area contributed by atoms with E-state index in [1.807, 2.05) is 26.0 Å². The Labute approximate surface area is 159 Å². The van der Waals surface area contributed by atoms with Gasteiger partial charge in [-0.05, 0) is 63.1 Å². The second kappa shape index (κ2) is 7.92. The van der Waals surface area contributed by atoms with E-state index >= 15 is 0 Å². The maximum absolute atomic E-state index is 12.8. The van der Waals surface area contributed by atoms with E-state index in [0.717, 1.165) is 29.7 Å². The average Bonchev–Trinajstić information content (AvgIpc) is 2.62. The van der Waals surface area contributed by atoms with Gasteiger partial charge in [-0.3, -0.25) is 9.59 Å². The summed E-state index contributed by atoms with van der Waals surface area (Å²) in [7, 11) is 0. The molecule has 5 heteroatoms. The van der Waals surface area contributed by atoms with Crippen LogP contribution in [0.4, 0.5) is 5.69 Å². The van der Waals surface area contributed by atoms with Crippen molar-refractivity contribution in [3.05, 3.63) is 64.2 Å². The Bertz CT molecular complexity index is 797. The minimum atomic E-state index is -0.200. The van der Waals surface area contributed by atoms with Crippen molar-refractivity contribution in [2.75, 3.05) is 18.4 Å². The SMILES string of the molecule is Cc1cc(C)cc(C(=O)N2CCC[C@@H](C(=O)Nc3ccc(Cl)cc3)C2)c1. The van der Waals surface area contributed by atoms with E-state index in [1.165, 1.54) is 0 Å². The van der Waals surface area contributed by atoms with E-state index in [9.17, 15) is 9.59 Å². The Kier molecular flexibility index (Phi) is 5.62. The molecule has 136 valence electrons. The third-order valence-electron chi connectivity index (χ3n) is 4.66. The van der Waals surface area contributed by atoms with Crippen LogP contribution in [0.1, 0.15) is 34.3 Å². The fourth-order valence-corrected chi connectivity index (χ4v) is 3.56. The highest BCUT2D eigenvalue weighted by molar-refractivity contribution is 6.30. The van der Waals surface area contributed by atoms with E-state index < -0.39 is 0 Å². The van der Waals surface area contributed by atoms with Gasteiger partial charge < -0.3 is 10.2 Å². The second-order valence-corrected chi connectivity index (χ2v) is 7.40. The molecule has 1 saturated heterocycles. The first-order valence-electron chi connectivity index (χ1n) is 8.86. The lowest BCUT2D eigenvalue weighted by atomic mass is 9.96. The average molecular weight is 371 g/mol. The van der Waals surface area contributed by atoms with Gasteiger partial charge in [0.05, 0.1) is 5.92 Å². The highest BCUT2D eigenvalue weighted by Crippen LogP contribution is 2.22. The molecule has 4 nitrogen and oxygen atoms in total. The van der Waals surface area contributed by atoms with Crippen molar-refractivity contribution < 1.29 is 9.59 Å². The summed E-state index contributed by atoms with van der Waals surface area (Å²) in [6.07, 6.45) is 1.62. The minimum Gasteiger partial charge on any atom is -0.338 e. The summed E-state index contributed by atoms with van der Waals surface area (Å²) in [5.74, 6) is -0.250. The topological polar surface area (TPSA) is 49.4 Å². The zero-order valence-corrected chi connectivity index (χ0v) is 15.8. The summed E-state index contributed by atoms with van der Waals surface area (Å²) in [6.45, 7) is 5.12. The van der Waals surface area contributed by atoms with Crippen molar-refractivity contribution in [2.45, 2.75) is 26.7 Å². The standard InChI is InChI=1S/C21H23ClN2O2/c1-14-10-15(2)12-17(11-14)21(26)24-9-3-4-16(13-24)20(25)23-19-7-5-18(22)6-8-19/h5-8,10-12,16H,3-4,9,13H2,1-2H3,(H,23,25)/t16-/m1/s1. The lowest BCUT2D eigenvalue weighted by molar-refractivity contribution is -0.121. The molecule has 1 aliphatic rings. The van der Waals surface area contributed by atoms with E-state index in [2.05, 4.69) is 11.4 Å². The summed E-state index contributed by atoms with van der Waals surface area (Å²) in [5, 5.41) is 3.55. The quantitative estimate of drug-likeness (QED) is 0.867. The Morgan fingerprint density at radius 3 is 2.38 bits per heavy atom. The molecule has 1 atom stereocenters. The monoisotopic (exact) mass is 370 g/mol. The van der Waals surface area contributed by atoms with Gasteiger partial charge in [0, 0.05) is 29.4 Å². The number of aryl methyl sites for hydroxylation is 2. The number of amides is 2. The summed E-state index contributed by atoms with van der Waals surface area (Å²) in [4.78, 5) is 27.2. The number of nitrogens with one attached hydrogen (secondary N) is 1. The zero-order valence-electron chi connectivity index (χ0n) is 15.1. The van der Waals surface area contributed by atoms with Gasteiger partial charge in [-0.2, -0.15) is 0 Å². The van der Waals surface area contributed by atoms with Crippen molar-refractivity contribution in [3.63, 3.8) is 0 Å². The molecule has 0 aliphatic carbocycles. The van der Waals surface area contributed by atoms with Crippen molar-refractivity contribution in [3.8, 4) is 0 Å². The third-order valence-corrected chi connectivity index (χ3v) is 4.91. The third kappa shape index (κ3) is 4.44. The number of nitrogens with zero attached hydrogens (tertiary/aromatic N) is 1. The van der Waals surface area contributed by atoms with Gasteiger partial charge in [-0.25, -0.2) is 0 Å². The molecular weight excluding hydrogens is 348 g/mol. The van der Waals surface area contributed by atoms with Crippen LogP contribution >= 0.6 is 11.6 Å². The predicted octanol–water partition coefficient (Wildman–Crippen LogP) is 4.45. The van der Waals surface area contributed by atoms with Crippen LogP contribution in [-0.2, 0) is 4.79 Å². The molecule has 0 saturated carbocycles. The number of carbonyl (C=O) groups excluding carboxylic acids is 2. The normalized spacial score (nSPS) is 17.0. The van der Waals surface area contributed by atoms with Crippen molar-refractivity contribution in [1.82, 2.24) is 4.90 Å². The highest BCUT2D eigenvalue weighted by Gasteiger charge is 2.29. The highest BCUT2D eigenvalue weighted by atomic mass is 35.5. The Hall–Kier alpha value is -2.33. The van der Waals surface area contributed by atoms with Crippen molar-refractivity contribution >= 4 is 29.1 Å². The molecule has 1 aliphatic heterocycles. The lowest BCUT2D eigenvalue weighted by Crippen LogP contribution is -2.43. The fourth-order valence-electron chi connectivity index (χ4n) is 3.43. The molecule has 2 amide bonds. The minimum absolute atomic E-state index is 0.000734. The Morgan fingerprint density at radius 2 is 1.73 bits per heavy atom. The number of anilines is 1. The Balaban J connectivity index is 1.67. The van der Waals surface area contributed by atoms with Gasteiger partial charge in [0.15, 0.2) is 0 Å². The molecule has 0 aromatic heterocycles. The summed E-state index contributed by atoms with van der Waals surface area (Å²) < 4.78 is 0. The number of benzene rings is 2. The van der Waals surface area contributed by atoms with Crippen molar-refractivity contribution in [1.29, 1.82) is 0 Å². The van der Waals surface area contributed by atoms with Crippen LogP contribution in [0.25, 0.3) is 0 Å². The van der Waals surface area contributed by atoms with Crippen LogP contribution in [0.5, 0.6) is 0 Å². The molecule has 3 rings (SSSR count). The number of halogens is 1. The first-order chi connectivity index (χ1) is 12.4. The largest absolute Gasteiger partial charge is 0.338 e.